The highest BCUT2D eigenvalue weighted by Crippen LogP contribution is 2.42. The minimum Gasteiger partial charge on any atom is -0.345 e. The van der Waals surface area contributed by atoms with Gasteiger partial charge in [-0.3, -0.25) is 4.79 Å². The molecule has 0 atom stereocenters. The minimum absolute atomic E-state index is 0.0320. The van der Waals surface area contributed by atoms with E-state index in [0.29, 0.717) is 0 Å². The van der Waals surface area contributed by atoms with Crippen molar-refractivity contribution in [1.82, 2.24) is 15.3 Å². The molecule has 0 unspecified atom stereocenters. The lowest BCUT2D eigenvalue weighted by molar-refractivity contribution is -0.114. The van der Waals surface area contributed by atoms with Crippen molar-refractivity contribution in [3.8, 4) is 11.1 Å². The van der Waals surface area contributed by atoms with Crippen LogP contribution < -0.4 is 10.6 Å². The van der Waals surface area contributed by atoms with E-state index >= 15 is 0 Å². The van der Waals surface area contributed by atoms with Crippen LogP contribution in [-0.2, 0) is 17.8 Å². The van der Waals surface area contributed by atoms with Gasteiger partial charge in [0.05, 0.1) is 17.4 Å². The van der Waals surface area contributed by atoms with Crippen molar-refractivity contribution >= 4 is 33.3 Å². The Hall–Kier alpha value is -2.18. The average Bonchev–Trinajstić information content (AvgIpc) is 3.09. The van der Waals surface area contributed by atoms with Gasteiger partial charge in [0.15, 0.2) is 0 Å². The van der Waals surface area contributed by atoms with Crippen molar-refractivity contribution < 1.29 is 4.79 Å². The second-order valence-electron chi connectivity index (χ2n) is 5.45. The third kappa shape index (κ3) is 2.20. The number of H-pyrrole nitrogens is 1. The number of thiophene rings is 1. The molecule has 3 N–H and O–H groups in total. The largest absolute Gasteiger partial charge is 0.345 e. The van der Waals surface area contributed by atoms with E-state index < -0.39 is 0 Å². The number of imidazole rings is 1. The van der Waals surface area contributed by atoms with Crippen LogP contribution in [0, 0.1) is 0 Å². The molecule has 3 aromatic rings. The van der Waals surface area contributed by atoms with Crippen molar-refractivity contribution in [1.29, 1.82) is 0 Å². The molecule has 0 aliphatic carbocycles. The number of nitrogens with one attached hydrogen (secondary N) is 3. The molecule has 0 radical (unpaired) electrons. The molecule has 0 fully saturated rings. The van der Waals surface area contributed by atoms with Gasteiger partial charge in [0.2, 0.25) is 5.91 Å². The van der Waals surface area contributed by atoms with Crippen molar-refractivity contribution in [2.24, 2.45) is 0 Å². The number of carbonyl (C=O) groups is 1. The Bertz CT molecular complexity index is 864. The molecule has 0 saturated heterocycles. The number of nitrogens with zero attached hydrogens (tertiary/aromatic N) is 1. The summed E-state index contributed by atoms with van der Waals surface area (Å²) in [5.41, 5.74) is 5.61. The van der Waals surface area contributed by atoms with Crippen LogP contribution in [0.1, 0.15) is 17.4 Å². The maximum Gasteiger partial charge on any atom is 0.221 e. The number of hydrogen-bond donors (Lipinski definition) is 3. The summed E-state index contributed by atoms with van der Waals surface area (Å²) in [4.78, 5) is 20.3. The number of aromatic amines is 1. The van der Waals surface area contributed by atoms with Crippen LogP contribution in [0.15, 0.2) is 24.5 Å². The van der Waals surface area contributed by atoms with Crippen LogP contribution in [0.2, 0.25) is 0 Å². The summed E-state index contributed by atoms with van der Waals surface area (Å²) in [5.74, 6) is -0.0320. The van der Waals surface area contributed by atoms with Crippen LogP contribution in [0.4, 0.5) is 5.00 Å². The van der Waals surface area contributed by atoms with Crippen molar-refractivity contribution in [2.75, 3.05) is 11.9 Å². The zero-order valence-corrected chi connectivity index (χ0v) is 13.0. The number of benzene rings is 1. The van der Waals surface area contributed by atoms with Gasteiger partial charge < -0.3 is 15.6 Å². The monoisotopic (exact) mass is 312 g/mol. The Kier molecular flexibility index (Phi) is 3.20. The fourth-order valence-corrected chi connectivity index (χ4v) is 4.26. The lowest BCUT2D eigenvalue weighted by atomic mass is 9.97. The van der Waals surface area contributed by atoms with Crippen molar-refractivity contribution in [3.05, 3.63) is 35.0 Å². The SMILES string of the molecule is CC(=O)Nc1sc2c(c1-c1ccc3nc[nH]c3c1)CCNC2. The predicted molar refractivity (Wildman–Crippen MR) is 89.1 cm³/mol. The molecular formula is C16H16N4OS. The molecule has 6 heteroatoms. The summed E-state index contributed by atoms with van der Waals surface area (Å²) >= 11 is 1.67. The molecule has 3 heterocycles. The number of carbonyl (C=O) groups excluding carboxylic acids is 1. The Morgan fingerprint density at radius 1 is 1.41 bits per heavy atom. The summed E-state index contributed by atoms with van der Waals surface area (Å²) in [7, 11) is 0. The van der Waals surface area contributed by atoms with E-state index in [1.54, 1.807) is 24.6 Å². The fourth-order valence-electron chi connectivity index (χ4n) is 2.98. The maximum absolute atomic E-state index is 11.5. The fraction of sp³-hybridized carbons (Fsp3) is 0.250. The lowest BCUT2D eigenvalue weighted by Gasteiger charge is -2.14. The van der Waals surface area contributed by atoms with Crippen molar-refractivity contribution in [3.63, 3.8) is 0 Å². The van der Waals surface area contributed by atoms with Crippen molar-refractivity contribution in [2.45, 2.75) is 19.9 Å². The molecule has 5 nitrogen and oxygen atoms in total. The Morgan fingerprint density at radius 3 is 3.18 bits per heavy atom. The van der Waals surface area contributed by atoms with Gasteiger partial charge in [0.25, 0.3) is 0 Å². The zero-order valence-electron chi connectivity index (χ0n) is 12.2. The summed E-state index contributed by atoms with van der Waals surface area (Å²) in [6.07, 6.45) is 2.69. The first-order chi connectivity index (χ1) is 10.7. The van der Waals surface area contributed by atoms with E-state index in [1.165, 1.54) is 10.4 Å². The molecule has 1 aliphatic rings. The van der Waals surface area contributed by atoms with E-state index in [9.17, 15) is 4.79 Å². The first-order valence-electron chi connectivity index (χ1n) is 7.29. The molecule has 1 amide bonds. The van der Waals surface area contributed by atoms with Gasteiger partial charge in [0.1, 0.15) is 5.00 Å². The predicted octanol–water partition coefficient (Wildman–Crippen LogP) is 2.90. The number of rotatable bonds is 2. The topological polar surface area (TPSA) is 69.8 Å². The molecule has 0 saturated carbocycles. The van der Waals surface area contributed by atoms with Gasteiger partial charge in [-0.2, -0.15) is 0 Å². The zero-order chi connectivity index (χ0) is 15.1. The highest BCUT2D eigenvalue weighted by Gasteiger charge is 2.22. The summed E-state index contributed by atoms with van der Waals surface area (Å²) < 4.78 is 0. The lowest BCUT2D eigenvalue weighted by Crippen LogP contribution is -2.22. The standard InChI is InChI=1S/C16H16N4OS/c1-9(21)20-16-15(11-4-5-17-7-14(11)22-16)10-2-3-12-13(6-10)19-8-18-12/h2-3,6,8,17H,4-5,7H2,1H3,(H,18,19)(H,20,21). The molecule has 112 valence electrons. The normalized spacial score (nSPS) is 14.0. The van der Waals surface area contributed by atoms with Crippen LogP contribution >= 0.6 is 11.3 Å². The molecular weight excluding hydrogens is 296 g/mol. The van der Waals surface area contributed by atoms with E-state index in [0.717, 1.165) is 46.7 Å². The Balaban J connectivity index is 1.90. The molecule has 1 aliphatic heterocycles. The van der Waals surface area contributed by atoms with Gasteiger partial charge in [-0.15, -0.1) is 11.3 Å². The number of amides is 1. The van der Waals surface area contributed by atoms with Gasteiger partial charge in [-0.1, -0.05) is 6.07 Å². The highest BCUT2D eigenvalue weighted by molar-refractivity contribution is 7.17. The molecule has 0 bridgehead atoms. The van der Waals surface area contributed by atoms with Gasteiger partial charge in [-0.05, 0) is 36.2 Å². The van der Waals surface area contributed by atoms with Crippen LogP contribution in [0.3, 0.4) is 0 Å². The Morgan fingerprint density at radius 2 is 2.32 bits per heavy atom. The molecule has 0 spiro atoms. The second-order valence-corrected chi connectivity index (χ2v) is 6.56. The van der Waals surface area contributed by atoms with Crippen LogP contribution in [0.5, 0.6) is 0 Å². The third-order valence-electron chi connectivity index (χ3n) is 3.93. The highest BCUT2D eigenvalue weighted by atomic mass is 32.1. The smallest absolute Gasteiger partial charge is 0.221 e. The maximum atomic E-state index is 11.5. The number of fused-ring (bicyclic) bond motifs is 2. The summed E-state index contributed by atoms with van der Waals surface area (Å²) in [6, 6.07) is 6.21. The summed E-state index contributed by atoms with van der Waals surface area (Å²) in [5, 5.41) is 7.33. The molecule has 2 aromatic heterocycles. The molecule has 22 heavy (non-hydrogen) atoms. The first kappa shape index (κ1) is 13.5. The van der Waals surface area contributed by atoms with E-state index in [4.69, 9.17) is 0 Å². The van der Waals surface area contributed by atoms with Gasteiger partial charge in [-0.25, -0.2) is 4.98 Å². The van der Waals surface area contributed by atoms with E-state index in [-0.39, 0.29) is 5.91 Å². The van der Waals surface area contributed by atoms with E-state index in [2.05, 4.69) is 32.7 Å². The number of hydrogen-bond acceptors (Lipinski definition) is 4. The van der Waals surface area contributed by atoms with Gasteiger partial charge in [0, 0.05) is 23.9 Å². The minimum atomic E-state index is -0.0320. The quantitative estimate of drug-likeness (QED) is 0.681. The summed E-state index contributed by atoms with van der Waals surface area (Å²) in [6.45, 7) is 3.40. The third-order valence-corrected chi connectivity index (χ3v) is 5.07. The average molecular weight is 312 g/mol. The first-order valence-corrected chi connectivity index (χ1v) is 8.10. The number of anilines is 1. The second kappa shape index (κ2) is 5.23. The Labute approximate surface area is 131 Å². The molecule has 1 aromatic carbocycles. The van der Waals surface area contributed by atoms with Crippen LogP contribution in [0.25, 0.3) is 22.2 Å². The number of aromatic nitrogens is 2. The molecule has 4 rings (SSSR count). The van der Waals surface area contributed by atoms with Crippen LogP contribution in [-0.4, -0.2) is 22.4 Å². The van der Waals surface area contributed by atoms with E-state index in [1.807, 2.05) is 6.07 Å². The van der Waals surface area contributed by atoms with Gasteiger partial charge >= 0.3 is 0 Å².